The van der Waals surface area contributed by atoms with E-state index in [1.54, 1.807) is 14.0 Å². The molecule has 29 heavy (non-hydrogen) atoms. The maximum Gasteiger partial charge on any atom is 0.310 e. The van der Waals surface area contributed by atoms with Crippen LogP contribution in [0.1, 0.15) is 60.5 Å². The molecule has 0 bridgehead atoms. The lowest BCUT2D eigenvalue weighted by Crippen LogP contribution is -2.46. The molecule has 0 amide bonds. The number of benzene rings is 1. The first-order chi connectivity index (χ1) is 13.3. The van der Waals surface area contributed by atoms with Crippen molar-refractivity contribution in [2.24, 2.45) is 5.92 Å². The number of hydrogen-bond donors (Lipinski definition) is 1. The van der Waals surface area contributed by atoms with Crippen molar-refractivity contribution in [1.82, 2.24) is 4.72 Å². The van der Waals surface area contributed by atoms with Crippen LogP contribution in [0, 0.1) is 5.92 Å². The summed E-state index contributed by atoms with van der Waals surface area (Å²) in [6, 6.07) is 7.36. The van der Waals surface area contributed by atoms with Gasteiger partial charge in [0.2, 0.25) is 0 Å². The van der Waals surface area contributed by atoms with Crippen LogP contribution < -0.4 is 9.46 Å². The van der Waals surface area contributed by atoms with Crippen LogP contribution in [0.5, 0.6) is 5.75 Å². The summed E-state index contributed by atoms with van der Waals surface area (Å²) in [7, 11) is 0.331. The Morgan fingerprint density at radius 2 is 1.69 bits per heavy atom. The van der Waals surface area contributed by atoms with Crippen molar-refractivity contribution < 1.29 is 23.2 Å². The third-order valence-electron chi connectivity index (χ3n) is 4.20. The molecule has 1 aromatic carbocycles. The topological polar surface area (TPSA) is 73.9 Å². The van der Waals surface area contributed by atoms with Crippen LogP contribution in [-0.4, -0.2) is 40.3 Å². The highest BCUT2D eigenvalue weighted by molar-refractivity contribution is 7.84. The van der Waals surface area contributed by atoms with Crippen molar-refractivity contribution in [3.8, 4) is 5.75 Å². The van der Waals surface area contributed by atoms with Crippen LogP contribution in [-0.2, 0) is 31.9 Å². The average Bonchev–Trinajstić information content (AvgIpc) is 2.61. The van der Waals surface area contributed by atoms with Gasteiger partial charge in [0, 0.05) is 12.6 Å². The fourth-order valence-electron chi connectivity index (χ4n) is 2.41. The van der Waals surface area contributed by atoms with Gasteiger partial charge in [-0.15, -0.1) is 0 Å². The molecule has 166 valence electrons. The molecule has 0 aliphatic heterocycles. The van der Waals surface area contributed by atoms with Crippen LogP contribution in [0.15, 0.2) is 24.3 Å². The minimum Gasteiger partial charge on any atom is -0.497 e. The molecule has 1 rings (SSSR count). The summed E-state index contributed by atoms with van der Waals surface area (Å²) in [4.78, 5) is 12.5. The van der Waals surface area contributed by atoms with Crippen molar-refractivity contribution in [2.75, 3.05) is 13.7 Å². The highest BCUT2D eigenvalue weighted by Crippen LogP contribution is 2.19. The molecule has 0 aliphatic rings. The minimum absolute atomic E-state index is 0.309. The van der Waals surface area contributed by atoms with Gasteiger partial charge in [0.1, 0.15) is 11.4 Å². The molecular weight excluding hydrogens is 390 g/mol. The second-order valence-electron chi connectivity index (χ2n) is 9.12. The van der Waals surface area contributed by atoms with E-state index < -0.39 is 27.3 Å². The molecule has 0 saturated heterocycles. The van der Waals surface area contributed by atoms with E-state index in [2.05, 4.69) is 4.72 Å². The van der Waals surface area contributed by atoms with Crippen molar-refractivity contribution in [2.45, 2.75) is 77.9 Å². The predicted molar refractivity (Wildman–Crippen MR) is 117 cm³/mol. The van der Waals surface area contributed by atoms with E-state index in [9.17, 15) is 9.00 Å². The molecule has 3 atom stereocenters. The summed E-state index contributed by atoms with van der Waals surface area (Å²) in [5, 5.41) is 0. The molecule has 1 N–H and O–H groups in total. The van der Waals surface area contributed by atoms with Gasteiger partial charge in [0.05, 0.1) is 35.4 Å². The standard InChI is InChI=1S/C22H37NO5S/c1-16(20(24)28-21(2,3)4)19(23-29(25)22(5,6)7)13-14-27-15-17-9-11-18(26-8)12-10-17/h9-12,16,19,23H,13-15H2,1-8H3/t16-,19-,29+/m0/s1. The molecule has 0 aliphatic carbocycles. The fraction of sp³-hybridized carbons (Fsp3) is 0.682. The van der Waals surface area contributed by atoms with E-state index in [0.29, 0.717) is 19.6 Å². The van der Waals surface area contributed by atoms with E-state index in [4.69, 9.17) is 14.2 Å². The van der Waals surface area contributed by atoms with Crippen LogP contribution in [0.25, 0.3) is 0 Å². The van der Waals surface area contributed by atoms with Gasteiger partial charge in [0.15, 0.2) is 0 Å². The lowest BCUT2D eigenvalue weighted by atomic mass is 10.00. The van der Waals surface area contributed by atoms with Crippen LogP contribution in [0.2, 0.25) is 0 Å². The van der Waals surface area contributed by atoms with Crippen LogP contribution >= 0.6 is 0 Å². The van der Waals surface area contributed by atoms with Gasteiger partial charge in [-0.1, -0.05) is 19.1 Å². The average molecular weight is 428 g/mol. The Morgan fingerprint density at radius 1 is 1.10 bits per heavy atom. The molecule has 0 spiro atoms. The lowest BCUT2D eigenvalue weighted by Gasteiger charge is -2.29. The van der Waals surface area contributed by atoms with Crippen molar-refractivity contribution in [1.29, 1.82) is 0 Å². The summed E-state index contributed by atoms with van der Waals surface area (Å²) < 4.78 is 31.7. The van der Waals surface area contributed by atoms with E-state index >= 15 is 0 Å². The Balaban J connectivity index is 2.69. The quantitative estimate of drug-likeness (QED) is 0.451. The Kier molecular flexibility index (Phi) is 9.79. The number of esters is 1. The van der Waals surface area contributed by atoms with Gasteiger partial charge in [-0.2, -0.15) is 0 Å². The maximum absolute atomic E-state index is 12.6. The maximum atomic E-state index is 12.6. The number of hydrogen-bond acceptors (Lipinski definition) is 5. The van der Waals surface area contributed by atoms with E-state index in [-0.39, 0.29) is 12.0 Å². The number of carbonyl (C=O) groups is 1. The third kappa shape index (κ3) is 9.74. The predicted octanol–water partition coefficient (Wildman–Crippen LogP) is 4.00. The minimum atomic E-state index is -1.30. The zero-order valence-corrected chi connectivity index (χ0v) is 19.9. The summed E-state index contributed by atoms with van der Waals surface area (Å²) in [6.45, 7) is 13.9. The van der Waals surface area contributed by atoms with E-state index in [1.807, 2.05) is 65.8 Å². The van der Waals surface area contributed by atoms with Gasteiger partial charge in [-0.25, -0.2) is 8.93 Å². The number of nitrogens with one attached hydrogen (secondary N) is 1. The van der Waals surface area contributed by atoms with E-state index in [1.165, 1.54) is 0 Å². The number of carbonyl (C=O) groups excluding carboxylic acids is 1. The first kappa shape index (κ1) is 25.6. The Bertz CT molecular complexity index is 661. The van der Waals surface area contributed by atoms with Gasteiger partial charge in [-0.05, 0) is 65.7 Å². The molecule has 0 aromatic heterocycles. The summed E-state index contributed by atoms with van der Waals surface area (Å²) in [5.41, 5.74) is 0.470. The summed E-state index contributed by atoms with van der Waals surface area (Å²) in [6.07, 6.45) is 0.540. The zero-order valence-electron chi connectivity index (χ0n) is 19.0. The molecular formula is C22H37NO5S. The number of ether oxygens (including phenoxy) is 3. The monoisotopic (exact) mass is 427 g/mol. The van der Waals surface area contributed by atoms with Gasteiger partial charge in [0.25, 0.3) is 0 Å². The first-order valence-electron chi connectivity index (χ1n) is 9.95. The van der Waals surface area contributed by atoms with E-state index in [0.717, 1.165) is 11.3 Å². The first-order valence-corrected chi connectivity index (χ1v) is 11.1. The number of methoxy groups -OCH3 is 1. The van der Waals surface area contributed by atoms with Gasteiger partial charge < -0.3 is 14.2 Å². The zero-order chi connectivity index (χ0) is 22.2. The molecule has 0 saturated carbocycles. The van der Waals surface area contributed by atoms with Crippen molar-refractivity contribution >= 4 is 17.0 Å². The second-order valence-corrected chi connectivity index (χ2v) is 11.1. The highest BCUT2D eigenvalue weighted by Gasteiger charge is 2.31. The fourth-order valence-corrected chi connectivity index (χ4v) is 3.36. The summed E-state index contributed by atoms with van der Waals surface area (Å²) >= 11 is 0. The Morgan fingerprint density at radius 3 is 2.17 bits per heavy atom. The SMILES string of the molecule is COc1ccc(COCC[C@H](N[S@](=O)C(C)(C)C)[C@H](C)C(=O)OC(C)(C)C)cc1. The molecule has 0 radical (unpaired) electrons. The van der Waals surface area contributed by atoms with Gasteiger partial charge >= 0.3 is 5.97 Å². The Hall–Kier alpha value is -1.44. The third-order valence-corrected chi connectivity index (χ3v) is 5.83. The highest BCUT2D eigenvalue weighted by atomic mass is 32.2. The molecule has 1 aromatic rings. The molecule has 0 fully saturated rings. The smallest absolute Gasteiger partial charge is 0.310 e. The van der Waals surface area contributed by atoms with Crippen molar-refractivity contribution in [3.63, 3.8) is 0 Å². The Labute approximate surface area is 178 Å². The van der Waals surface area contributed by atoms with Crippen molar-refractivity contribution in [3.05, 3.63) is 29.8 Å². The van der Waals surface area contributed by atoms with Crippen LogP contribution in [0.3, 0.4) is 0 Å². The number of rotatable bonds is 10. The summed E-state index contributed by atoms with van der Waals surface area (Å²) in [5.74, 6) is 0.0371. The second kappa shape index (κ2) is 11.1. The van der Waals surface area contributed by atoms with Crippen LogP contribution in [0.4, 0.5) is 0 Å². The van der Waals surface area contributed by atoms with Gasteiger partial charge in [-0.3, -0.25) is 4.79 Å². The lowest BCUT2D eigenvalue weighted by molar-refractivity contribution is -0.160. The molecule has 0 unspecified atom stereocenters. The normalized spacial score (nSPS) is 15.4. The molecule has 7 heteroatoms. The largest absolute Gasteiger partial charge is 0.497 e. The molecule has 6 nitrogen and oxygen atoms in total. The molecule has 0 heterocycles.